The van der Waals surface area contributed by atoms with Gasteiger partial charge in [0.1, 0.15) is 0 Å². The number of aromatic nitrogens is 1. The van der Waals surface area contributed by atoms with Crippen LogP contribution in [0.1, 0.15) is 25.1 Å². The van der Waals surface area contributed by atoms with Crippen molar-refractivity contribution in [2.24, 2.45) is 0 Å². The number of amides is 1. The lowest BCUT2D eigenvalue weighted by atomic mass is 10.2. The van der Waals surface area contributed by atoms with E-state index in [4.69, 9.17) is 0 Å². The number of nitrogens with zero attached hydrogens (tertiary/aromatic N) is 2. The van der Waals surface area contributed by atoms with Gasteiger partial charge in [0.15, 0.2) is 0 Å². The van der Waals surface area contributed by atoms with E-state index in [1.807, 2.05) is 44.0 Å². The number of carbonyl (C=O) groups is 1. The Morgan fingerprint density at radius 2 is 2.18 bits per heavy atom. The highest BCUT2D eigenvalue weighted by Crippen LogP contribution is 2.05. The molecule has 1 N–H and O–H groups in total. The van der Waals surface area contributed by atoms with Crippen molar-refractivity contribution in [3.63, 3.8) is 0 Å². The summed E-state index contributed by atoms with van der Waals surface area (Å²) in [6.07, 6.45) is 1.84. The molecule has 0 spiro atoms. The number of nitrogens with one attached hydrogen (secondary N) is 1. The highest BCUT2D eigenvalue weighted by Gasteiger charge is 2.17. The lowest BCUT2D eigenvalue weighted by molar-refractivity contribution is -0.132. The number of rotatable bonds is 2. The van der Waals surface area contributed by atoms with Crippen molar-refractivity contribution in [3.8, 4) is 0 Å². The molecule has 4 nitrogen and oxygen atoms in total. The first-order valence-corrected chi connectivity index (χ1v) is 6.16. The van der Waals surface area contributed by atoms with Crippen LogP contribution in [0, 0.1) is 6.92 Å². The Balaban J connectivity index is 0.000000686. The van der Waals surface area contributed by atoms with Crippen LogP contribution in [0.3, 0.4) is 0 Å². The second-order valence-corrected chi connectivity index (χ2v) is 3.80. The minimum Gasteiger partial charge on any atom is -0.336 e. The molecular formula is C13H21N3O. The van der Waals surface area contributed by atoms with Crippen LogP contribution >= 0.6 is 0 Å². The maximum Gasteiger partial charge on any atom is 0.236 e. The molecule has 2 rings (SSSR count). The molecule has 0 radical (unpaired) electrons. The van der Waals surface area contributed by atoms with Gasteiger partial charge in [-0.2, -0.15) is 0 Å². The summed E-state index contributed by atoms with van der Waals surface area (Å²) in [5, 5.41) is 3.05. The van der Waals surface area contributed by atoms with Crippen molar-refractivity contribution in [2.45, 2.75) is 27.3 Å². The Bertz CT molecular complexity index is 348. The number of piperazine rings is 1. The minimum atomic E-state index is 0.168. The van der Waals surface area contributed by atoms with Gasteiger partial charge >= 0.3 is 0 Å². The van der Waals surface area contributed by atoms with Gasteiger partial charge in [-0.1, -0.05) is 19.9 Å². The van der Waals surface area contributed by atoms with E-state index >= 15 is 0 Å². The Hall–Kier alpha value is -1.42. The van der Waals surface area contributed by atoms with Crippen LogP contribution in [0.25, 0.3) is 0 Å². The standard InChI is InChI=1S/C11H15N3O.C2H6/c1-9-2-3-10(6-13-9)8-14-5-4-12-7-11(14)15;1-2/h2-3,6,12H,4-5,7-8H2,1H3;1-2H3. The Morgan fingerprint density at radius 1 is 1.41 bits per heavy atom. The third kappa shape index (κ3) is 4.15. The Kier molecular flexibility index (Phi) is 5.63. The predicted octanol–water partition coefficient (Wildman–Crippen LogP) is 1.35. The van der Waals surface area contributed by atoms with Gasteiger partial charge in [-0.15, -0.1) is 0 Å². The molecule has 0 aliphatic carbocycles. The maximum absolute atomic E-state index is 11.5. The third-order valence-electron chi connectivity index (χ3n) is 2.53. The molecule has 0 aromatic carbocycles. The number of hydrogen-bond acceptors (Lipinski definition) is 3. The fourth-order valence-electron chi connectivity index (χ4n) is 1.63. The summed E-state index contributed by atoms with van der Waals surface area (Å²) in [5.74, 6) is 0.168. The minimum absolute atomic E-state index is 0.168. The van der Waals surface area contributed by atoms with Gasteiger partial charge in [0.25, 0.3) is 0 Å². The summed E-state index contributed by atoms with van der Waals surface area (Å²) >= 11 is 0. The van der Waals surface area contributed by atoms with Crippen molar-refractivity contribution in [2.75, 3.05) is 19.6 Å². The van der Waals surface area contributed by atoms with Gasteiger partial charge in [-0.25, -0.2) is 0 Å². The Labute approximate surface area is 103 Å². The second-order valence-electron chi connectivity index (χ2n) is 3.80. The molecule has 1 fully saturated rings. The van der Waals surface area contributed by atoms with Gasteiger partial charge in [-0.3, -0.25) is 9.78 Å². The summed E-state index contributed by atoms with van der Waals surface area (Å²) < 4.78 is 0. The normalized spacial score (nSPS) is 15.2. The molecule has 0 bridgehead atoms. The van der Waals surface area contributed by atoms with Crippen LogP contribution in [-0.2, 0) is 11.3 Å². The van der Waals surface area contributed by atoms with Crippen molar-refractivity contribution in [1.82, 2.24) is 15.2 Å². The van der Waals surface area contributed by atoms with Crippen molar-refractivity contribution < 1.29 is 4.79 Å². The SMILES string of the molecule is CC.Cc1ccc(CN2CCNCC2=O)cn1. The van der Waals surface area contributed by atoms with E-state index in [0.29, 0.717) is 13.1 Å². The van der Waals surface area contributed by atoms with Crippen LogP contribution in [0.5, 0.6) is 0 Å². The van der Waals surface area contributed by atoms with E-state index in [9.17, 15) is 4.79 Å². The quantitative estimate of drug-likeness (QED) is 0.841. The highest BCUT2D eigenvalue weighted by atomic mass is 16.2. The molecule has 0 saturated carbocycles. The van der Waals surface area contributed by atoms with Gasteiger partial charge in [-0.05, 0) is 18.6 Å². The molecule has 1 saturated heterocycles. The van der Waals surface area contributed by atoms with E-state index in [1.165, 1.54) is 0 Å². The van der Waals surface area contributed by atoms with Crippen molar-refractivity contribution in [3.05, 3.63) is 29.6 Å². The molecule has 1 aromatic rings. The van der Waals surface area contributed by atoms with E-state index in [0.717, 1.165) is 24.3 Å². The summed E-state index contributed by atoms with van der Waals surface area (Å²) in [4.78, 5) is 17.6. The molecule has 0 atom stereocenters. The molecule has 2 heterocycles. The summed E-state index contributed by atoms with van der Waals surface area (Å²) in [6, 6.07) is 4.00. The molecule has 17 heavy (non-hydrogen) atoms. The first-order chi connectivity index (χ1) is 8.25. The van der Waals surface area contributed by atoms with Gasteiger partial charge in [0, 0.05) is 31.5 Å². The largest absolute Gasteiger partial charge is 0.336 e. The smallest absolute Gasteiger partial charge is 0.236 e. The molecule has 94 valence electrons. The lowest BCUT2D eigenvalue weighted by Crippen LogP contribution is -2.47. The fourth-order valence-corrected chi connectivity index (χ4v) is 1.63. The van der Waals surface area contributed by atoms with E-state index < -0.39 is 0 Å². The summed E-state index contributed by atoms with van der Waals surface area (Å²) in [7, 11) is 0. The zero-order chi connectivity index (χ0) is 12.7. The average Bonchev–Trinajstić information content (AvgIpc) is 2.37. The molecule has 0 unspecified atom stereocenters. The van der Waals surface area contributed by atoms with E-state index in [2.05, 4.69) is 10.3 Å². The fraction of sp³-hybridized carbons (Fsp3) is 0.538. The van der Waals surface area contributed by atoms with Crippen LogP contribution in [-0.4, -0.2) is 35.4 Å². The van der Waals surface area contributed by atoms with Crippen LogP contribution in [0.15, 0.2) is 18.3 Å². The van der Waals surface area contributed by atoms with Gasteiger partial charge in [0.05, 0.1) is 6.54 Å². The van der Waals surface area contributed by atoms with Crippen LogP contribution < -0.4 is 5.32 Å². The lowest BCUT2D eigenvalue weighted by Gasteiger charge is -2.27. The van der Waals surface area contributed by atoms with Crippen molar-refractivity contribution >= 4 is 5.91 Å². The summed E-state index contributed by atoms with van der Waals surface area (Å²) in [6.45, 7) is 8.75. The van der Waals surface area contributed by atoms with Crippen LogP contribution in [0.2, 0.25) is 0 Å². The molecular weight excluding hydrogens is 214 g/mol. The molecule has 1 aromatic heterocycles. The van der Waals surface area contributed by atoms with Gasteiger partial charge < -0.3 is 10.2 Å². The number of hydrogen-bond donors (Lipinski definition) is 1. The highest BCUT2D eigenvalue weighted by molar-refractivity contribution is 5.78. The second kappa shape index (κ2) is 7.01. The summed E-state index contributed by atoms with van der Waals surface area (Å²) in [5.41, 5.74) is 2.10. The van der Waals surface area contributed by atoms with E-state index in [1.54, 1.807) is 0 Å². The zero-order valence-corrected chi connectivity index (χ0v) is 10.9. The number of pyridine rings is 1. The zero-order valence-electron chi connectivity index (χ0n) is 10.9. The number of aryl methyl sites for hydroxylation is 1. The van der Waals surface area contributed by atoms with E-state index in [-0.39, 0.29) is 5.91 Å². The average molecular weight is 235 g/mol. The first kappa shape index (κ1) is 13.6. The molecule has 1 amide bonds. The molecule has 1 aliphatic rings. The Morgan fingerprint density at radius 3 is 2.76 bits per heavy atom. The van der Waals surface area contributed by atoms with Crippen molar-refractivity contribution in [1.29, 1.82) is 0 Å². The molecule has 1 aliphatic heterocycles. The predicted molar refractivity (Wildman–Crippen MR) is 68.6 cm³/mol. The first-order valence-electron chi connectivity index (χ1n) is 6.16. The topological polar surface area (TPSA) is 45.2 Å². The van der Waals surface area contributed by atoms with Crippen LogP contribution in [0.4, 0.5) is 0 Å². The number of carbonyl (C=O) groups excluding carboxylic acids is 1. The monoisotopic (exact) mass is 235 g/mol. The third-order valence-corrected chi connectivity index (χ3v) is 2.53. The molecule has 4 heteroatoms. The van der Waals surface area contributed by atoms with Gasteiger partial charge in [0.2, 0.25) is 5.91 Å². The maximum atomic E-state index is 11.5.